The summed E-state index contributed by atoms with van der Waals surface area (Å²) in [6.45, 7) is 6.28. The van der Waals surface area contributed by atoms with E-state index in [-0.39, 0.29) is 0 Å². The van der Waals surface area contributed by atoms with Crippen molar-refractivity contribution in [3.8, 4) is 0 Å². The number of hydrogen-bond acceptors (Lipinski definition) is 4. The van der Waals surface area contributed by atoms with Crippen LogP contribution < -0.4 is 11.1 Å². The van der Waals surface area contributed by atoms with E-state index in [2.05, 4.69) is 36.3 Å². The summed E-state index contributed by atoms with van der Waals surface area (Å²) < 4.78 is 0. The van der Waals surface area contributed by atoms with E-state index in [0.29, 0.717) is 6.04 Å². The molecule has 0 saturated carbocycles. The number of pyridine rings is 1. The average Bonchev–Trinajstić information content (AvgIpc) is 2.70. The van der Waals surface area contributed by atoms with Gasteiger partial charge in [-0.1, -0.05) is 0 Å². The summed E-state index contributed by atoms with van der Waals surface area (Å²) in [5, 5.41) is 3.38. The molecule has 3 N–H and O–H groups in total. The molecule has 0 spiro atoms. The van der Waals surface area contributed by atoms with Crippen molar-refractivity contribution in [1.29, 1.82) is 0 Å². The zero-order valence-corrected chi connectivity index (χ0v) is 11.8. The van der Waals surface area contributed by atoms with Gasteiger partial charge in [0, 0.05) is 28.4 Å². The molecule has 2 aromatic rings. The molecule has 0 aliphatic rings. The molecule has 0 saturated heterocycles. The minimum atomic E-state index is 0.319. The number of aromatic nitrogens is 1. The van der Waals surface area contributed by atoms with Crippen LogP contribution in [-0.2, 0) is 6.42 Å². The Kier molecular flexibility index (Phi) is 3.87. The fourth-order valence-electron chi connectivity index (χ4n) is 1.87. The van der Waals surface area contributed by atoms with Crippen molar-refractivity contribution < 1.29 is 0 Å². The summed E-state index contributed by atoms with van der Waals surface area (Å²) in [4.78, 5) is 7.03. The molecule has 96 valence electrons. The highest BCUT2D eigenvalue weighted by atomic mass is 32.1. The van der Waals surface area contributed by atoms with Crippen molar-refractivity contribution in [2.45, 2.75) is 33.2 Å². The highest BCUT2D eigenvalue weighted by Gasteiger charge is 2.09. The Bertz CT molecular complexity index is 534. The maximum absolute atomic E-state index is 6.01. The molecule has 2 rings (SSSR count). The van der Waals surface area contributed by atoms with Crippen LogP contribution in [0.2, 0.25) is 0 Å². The molecular formula is C14H19N3S. The second-order valence-corrected chi connectivity index (χ2v) is 6.02. The molecule has 4 heteroatoms. The van der Waals surface area contributed by atoms with Crippen LogP contribution in [0.4, 0.5) is 11.5 Å². The van der Waals surface area contributed by atoms with E-state index in [4.69, 9.17) is 5.73 Å². The van der Waals surface area contributed by atoms with E-state index in [1.54, 1.807) is 6.20 Å². The molecule has 0 aliphatic carbocycles. The third-order valence-electron chi connectivity index (χ3n) is 2.89. The van der Waals surface area contributed by atoms with Gasteiger partial charge in [-0.3, -0.25) is 0 Å². The first kappa shape index (κ1) is 12.9. The van der Waals surface area contributed by atoms with E-state index in [1.807, 2.05) is 24.3 Å². The van der Waals surface area contributed by atoms with Gasteiger partial charge in [-0.2, -0.15) is 0 Å². The highest BCUT2D eigenvalue weighted by Crippen LogP contribution is 2.22. The lowest BCUT2D eigenvalue weighted by molar-refractivity contribution is 0.795. The van der Waals surface area contributed by atoms with Gasteiger partial charge in [0.1, 0.15) is 5.82 Å². The number of aryl methyl sites for hydroxylation is 2. The highest BCUT2D eigenvalue weighted by molar-refractivity contribution is 7.11. The van der Waals surface area contributed by atoms with Crippen LogP contribution in [-0.4, -0.2) is 11.0 Å². The number of nitrogens with one attached hydrogen (secondary N) is 1. The Morgan fingerprint density at radius 1 is 1.33 bits per heavy atom. The summed E-state index contributed by atoms with van der Waals surface area (Å²) in [6.07, 6.45) is 2.78. The molecule has 18 heavy (non-hydrogen) atoms. The standard InChI is InChI=1S/C14H19N3S/c1-9-6-7-16-14(13(9)15)17-10(2)8-12-5-4-11(3)18-12/h4-7,10H,8,15H2,1-3H3,(H,16,17). The molecule has 0 aliphatic heterocycles. The molecule has 2 aromatic heterocycles. The van der Waals surface area contributed by atoms with Crippen LogP contribution in [0.1, 0.15) is 22.2 Å². The van der Waals surface area contributed by atoms with Crippen molar-refractivity contribution in [3.63, 3.8) is 0 Å². The first-order valence-electron chi connectivity index (χ1n) is 6.09. The van der Waals surface area contributed by atoms with Crippen LogP contribution in [0.15, 0.2) is 24.4 Å². The predicted molar refractivity (Wildman–Crippen MR) is 79.2 cm³/mol. The van der Waals surface area contributed by atoms with Gasteiger partial charge in [-0.05, 0) is 44.5 Å². The van der Waals surface area contributed by atoms with Gasteiger partial charge in [0.15, 0.2) is 0 Å². The van der Waals surface area contributed by atoms with Crippen LogP contribution in [0.3, 0.4) is 0 Å². The number of nitrogen functional groups attached to an aromatic ring is 1. The van der Waals surface area contributed by atoms with E-state index in [1.165, 1.54) is 9.75 Å². The maximum Gasteiger partial charge on any atom is 0.149 e. The van der Waals surface area contributed by atoms with E-state index >= 15 is 0 Å². The summed E-state index contributed by atoms with van der Waals surface area (Å²) in [5.41, 5.74) is 7.81. The maximum atomic E-state index is 6.01. The van der Waals surface area contributed by atoms with Crippen molar-refractivity contribution >= 4 is 22.8 Å². The van der Waals surface area contributed by atoms with Crippen LogP contribution in [0.5, 0.6) is 0 Å². The van der Waals surface area contributed by atoms with Crippen molar-refractivity contribution in [2.75, 3.05) is 11.1 Å². The molecule has 0 amide bonds. The Hall–Kier alpha value is -1.55. The van der Waals surface area contributed by atoms with Gasteiger partial charge in [0.2, 0.25) is 0 Å². The lowest BCUT2D eigenvalue weighted by atomic mass is 10.2. The number of nitrogens with zero attached hydrogens (tertiary/aromatic N) is 1. The van der Waals surface area contributed by atoms with Gasteiger partial charge in [0.25, 0.3) is 0 Å². The van der Waals surface area contributed by atoms with Gasteiger partial charge < -0.3 is 11.1 Å². The van der Waals surface area contributed by atoms with Gasteiger partial charge in [-0.15, -0.1) is 11.3 Å². The Morgan fingerprint density at radius 2 is 2.11 bits per heavy atom. The van der Waals surface area contributed by atoms with Crippen molar-refractivity contribution in [3.05, 3.63) is 39.7 Å². The van der Waals surface area contributed by atoms with E-state index in [0.717, 1.165) is 23.5 Å². The number of hydrogen-bond donors (Lipinski definition) is 2. The Morgan fingerprint density at radius 3 is 2.78 bits per heavy atom. The predicted octanol–water partition coefficient (Wildman–Crippen LogP) is 3.39. The lowest BCUT2D eigenvalue weighted by Crippen LogP contribution is -2.19. The zero-order chi connectivity index (χ0) is 13.1. The summed E-state index contributed by atoms with van der Waals surface area (Å²) in [7, 11) is 0. The third kappa shape index (κ3) is 3.01. The average molecular weight is 261 g/mol. The lowest BCUT2D eigenvalue weighted by Gasteiger charge is -2.16. The number of rotatable bonds is 4. The molecule has 0 radical (unpaired) electrons. The largest absolute Gasteiger partial charge is 0.396 e. The zero-order valence-electron chi connectivity index (χ0n) is 11.0. The number of anilines is 2. The number of thiophene rings is 1. The quantitative estimate of drug-likeness (QED) is 0.887. The summed E-state index contributed by atoms with van der Waals surface area (Å²) in [6, 6.07) is 6.59. The minimum Gasteiger partial charge on any atom is -0.396 e. The second kappa shape index (κ2) is 5.40. The van der Waals surface area contributed by atoms with Gasteiger partial charge in [0.05, 0.1) is 5.69 Å². The van der Waals surface area contributed by atoms with Crippen LogP contribution in [0.25, 0.3) is 0 Å². The SMILES string of the molecule is Cc1ccc(CC(C)Nc2nccc(C)c2N)s1. The molecule has 0 aromatic carbocycles. The summed E-state index contributed by atoms with van der Waals surface area (Å²) >= 11 is 1.84. The van der Waals surface area contributed by atoms with E-state index in [9.17, 15) is 0 Å². The van der Waals surface area contributed by atoms with Crippen molar-refractivity contribution in [1.82, 2.24) is 4.98 Å². The first-order chi connectivity index (χ1) is 8.56. The third-order valence-corrected chi connectivity index (χ3v) is 3.92. The fourth-order valence-corrected chi connectivity index (χ4v) is 2.88. The van der Waals surface area contributed by atoms with Gasteiger partial charge >= 0.3 is 0 Å². The first-order valence-corrected chi connectivity index (χ1v) is 6.91. The molecule has 2 heterocycles. The molecular weight excluding hydrogens is 242 g/mol. The van der Waals surface area contributed by atoms with Crippen molar-refractivity contribution in [2.24, 2.45) is 0 Å². The minimum absolute atomic E-state index is 0.319. The number of nitrogens with two attached hydrogens (primary N) is 1. The Balaban J connectivity index is 2.03. The van der Waals surface area contributed by atoms with Crippen LogP contribution in [0, 0.1) is 13.8 Å². The fraction of sp³-hybridized carbons (Fsp3) is 0.357. The van der Waals surface area contributed by atoms with Crippen LogP contribution >= 0.6 is 11.3 Å². The molecule has 3 nitrogen and oxygen atoms in total. The smallest absolute Gasteiger partial charge is 0.149 e. The second-order valence-electron chi connectivity index (χ2n) is 4.65. The van der Waals surface area contributed by atoms with Gasteiger partial charge in [-0.25, -0.2) is 4.98 Å². The summed E-state index contributed by atoms with van der Waals surface area (Å²) in [5.74, 6) is 0.788. The molecule has 0 bridgehead atoms. The molecule has 1 atom stereocenters. The van der Waals surface area contributed by atoms with E-state index < -0.39 is 0 Å². The topological polar surface area (TPSA) is 50.9 Å². The molecule has 0 fully saturated rings. The monoisotopic (exact) mass is 261 g/mol. The normalized spacial score (nSPS) is 12.4. The Labute approximate surface area is 112 Å². The molecule has 1 unspecified atom stereocenters.